The van der Waals surface area contributed by atoms with Crippen LogP contribution in [0.1, 0.15) is 32.6 Å². The number of carbonyl (C=O) groups excluding carboxylic acids is 1. The Morgan fingerprint density at radius 1 is 0.780 bits per heavy atom. The summed E-state index contributed by atoms with van der Waals surface area (Å²) in [7, 11) is 0. The number of nitrogens with zero attached hydrogens (tertiary/aromatic N) is 4. The average Bonchev–Trinajstić information content (AvgIpc) is 3.35. The zero-order chi connectivity index (χ0) is 29.4. The molecular weight excluding hydrogens is 570 g/mol. The van der Waals surface area contributed by atoms with Crippen molar-refractivity contribution in [1.82, 2.24) is 20.0 Å². The molecule has 12 heteroatoms. The summed E-state index contributed by atoms with van der Waals surface area (Å²) >= 11 is 6.26. The van der Waals surface area contributed by atoms with Crippen molar-refractivity contribution in [3.63, 3.8) is 0 Å². The van der Waals surface area contributed by atoms with Gasteiger partial charge in [0.25, 0.3) is 0 Å². The molecule has 0 aliphatic rings. The van der Waals surface area contributed by atoms with E-state index in [0.717, 1.165) is 0 Å². The highest BCUT2D eigenvalue weighted by molar-refractivity contribution is 6.35. The molecule has 2 aromatic heterocycles. The molecule has 0 radical (unpaired) electrons. The fourth-order valence-electron chi connectivity index (χ4n) is 4.36. The normalized spacial score (nSPS) is 12.0. The first-order chi connectivity index (χ1) is 19.4. The van der Waals surface area contributed by atoms with Gasteiger partial charge in [-0.05, 0) is 48.0 Å². The summed E-state index contributed by atoms with van der Waals surface area (Å²) in [6.45, 7) is -0.474. The topological polar surface area (TPSA) is 60.7 Å². The number of hydrogen-bond donors (Lipinski definition) is 0. The molecule has 208 valence electrons. The van der Waals surface area contributed by atoms with Crippen LogP contribution in [-0.2, 0) is 18.9 Å². The minimum absolute atomic E-state index is 0.0661. The van der Waals surface area contributed by atoms with Crippen LogP contribution >= 0.6 is 11.6 Å². The standard InChI is InChI=1S/C29H17ClF6N4O/c30-24-8-4-3-7-23(24)27(41)22-6-2-1-5-21(22)25-26(18-9-11-37-12-10-18)40(39-38-25)16-17-13-19(28(31,32)33)15-20(14-17)29(34,35)36/h1-15H,16H2. The predicted octanol–water partition coefficient (Wildman–Crippen LogP) is 7.98. The Morgan fingerprint density at radius 2 is 1.37 bits per heavy atom. The number of ketones is 1. The molecule has 0 unspecified atom stereocenters. The second-order valence-corrected chi connectivity index (χ2v) is 9.36. The van der Waals surface area contributed by atoms with E-state index in [-0.39, 0.29) is 39.2 Å². The molecule has 0 aliphatic heterocycles. The Kier molecular flexibility index (Phi) is 7.39. The molecule has 0 spiro atoms. The van der Waals surface area contributed by atoms with Crippen LogP contribution in [0.5, 0.6) is 0 Å². The first kappa shape index (κ1) is 28.0. The molecule has 5 nitrogen and oxygen atoms in total. The van der Waals surface area contributed by atoms with Crippen molar-refractivity contribution in [2.24, 2.45) is 0 Å². The van der Waals surface area contributed by atoms with Gasteiger partial charge < -0.3 is 0 Å². The minimum Gasteiger partial charge on any atom is -0.289 e. The lowest BCUT2D eigenvalue weighted by Crippen LogP contribution is -2.13. The number of hydrogen-bond acceptors (Lipinski definition) is 4. The van der Waals surface area contributed by atoms with Gasteiger partial charge >= 0.3 is 12.4 Å². The highest BCUT2D eigenvalue weighted by atomic mass is 35.5. The van der Waals surface area contributed by atoms with E-state index in [9.17, 15) is 31.1 Å². The highest BCUT2D eigenvalue weighted by Crippen LogP contribution is 2.38. The van der Waals surface area contributed by atoms with Gasteiger partial charge in [0.15, 0.2) is 5.78 Å². The number of benzene rings is 3. The van der Waals surface area contributed by atoms with Gasteiger partial charge in [0.1, 0.15) is 5.69 Å². The molecule has 0 fully saturated rings. The van der Waals surface area contributed by atoms with Crippen molar-refractivity contribution in [2.75, 3.05) is 0 Å². The van der Waals surface area contributed by atoms with Crippen molar-refractivity contribution in [1.29, 1.82) is 0 Å². The van der Waals surface area contributed by atoms with Crippen LogP contribution in [0.4, 0.5) is 26.3 Å². The average molecular weight is 587 g/mol. The van der Waals surface area contributed by atoms with E-state index in [2.05, 4.69) is 15.3 Å². The van der Waals surface area contributed by atoms with Gasteiger partial charge in [-0.1, -0.05) is 53.2 Å². The van der Waals surface area contributed by atoms with Gasteiger partial charge in [-0.3, -0.25) is 9.78 Å². The van der Waals surface area contributed by atoms with Crippen LogP contribution in [0.2, 0.25) is 5.02 Å². The van der Waals surface area contributed by atoms with Gasteiger partial charge in [-0.2, -0.15) is 26.3 Å². The third-order valence-corrected chi connectivity index (χ3v) is 6.54. The maximum Gasteiger partial charge on any atom is 0.416 e. The van der Waals surface area contributed by atoms with Gasteiger partial charge in [0.2, 0.25) is 0 Å². The van der Waals surface area contributed by atoms with E-state index in [4.69, 9.17) is 11.6 Å². The lowest BCUT2D eigenvalue weighted by molar-refractivity contribution is -0.143. The molecule has 3 aromatic carbocycles. The maximum atomic E-state index is 13.5. The Morgan fingerprint density at radius 3 is 1.98 bits per heavy atom. The number of halogens is 7. The van der Waals surface area contributed by atoms with Gasteiger partial charge in [0.05, 0.1) is 28.4 Å². The summed E-state index contributed by atoms with van der Waals surface area (Å²) in [4.78, 5) is 17.5. The largest absolute Gasteiger partial charge is 0.416 e. The molecule has 0 saturated heterocycles. The van der Waals surface area contributed by atoms with Gasteiger partial charge in [-0.25, -0.2) is 4.68 Å². The summed E-state index contributed by atoms with van der Waals surface area (Å²) < 4.78 is 82.1. The summed E-state index contributed by atoms with van der Waals surface area (Å²) in [5.41, 5.74) is -1.44. The van der Waals surface area contributed by atoms with E-state index < -0.39 is 35.8 Å². The SMILES string of the molecule is O=C(c1ccccc1Cl)c1ccccc1-c1nnn(Cc2cc(C(F)(F)F)cc(C(F)(F)F)c2)c1-c1ccncc1. The fraction of sp³-hybridized carbons (Fsp3) is 0.103. The fourth-order valence-corrected chi connectivity index (χ4v) is 4.58. The molecule has 2 heterocycles. The molecule has 41 heavy (non-hydrogen) atoms. The van der Waals surface area contributed by atoms with Crippen LogP contribution in [0.25, 0.3) is 22.5 Å². The van der Waals surface area contributed by atoms with Crippen molar-refractivity contribution in [2.45, 2.75) is 18.9 Å². The second-order valence-electron chi connectivity index (χ2n) is 8.95. The lowest BCUT2D eigenvalue weighted by atomic mass is 9.94. The molecular formula is C29H17ClF6N4O. The molecule has 0 saturated carbocycles. The zero-order valence-electron chi connectivity index (χ0n) is 20.7. The van der Waals surface area contributed by atoms with E-state index in [1.807, 2.05) is 0 Å². The molecule has 0 atom stereocenters. The summed E-state index contributed by atoms with van der Waals surface area (Å²) in [5, 5.41) is 8.54. The number of rotatable bonds is 6. The van der Waals surface area contributed by atoms with Crippen molar-refractivity contribution in [3.05, 3.63) is 124 Å². The van der Waals surface area contributed by atoms with Crippen LogP contribution < -0.4 is 0 Å². The monoisotopic (exact) mass is 586 g/mol. The van der Waals surface area contributed by atoms with E-state index in [1.54, 1.807) is 60.7 Å². The number of alkyl halides is 6. The predicted molar refractivity (Wildman–Crippen MR) is 139 cm³/mol. The number of aromatic nitrogens is 4. The lowest BCUT2D eigenvalue weighted by Gasteiger charge is -2.15. The second kappa shape index (κ2) is 10.8. The van der Waals surface area contributed by atoms with E-state index in [0.29, 0.717) is 23.3 Å². The quantitative estimate of drug-likeness (QED) is 0.149. The summed E-state index contributed by atoms with van der Waals surface area (Å²) in [5.74, 6) is -0.408. The summed E-state index contributed by atoms with van der Waals surface area (Å²) in [6.07, 6.45) is -7.09. The van der Waals surface area contributed by atoms with Gasteiger partial charge in [0, 0.05) is 34.6 Å². The Hall–Kier alpha value is -4.51. The highest BCUT2D eigenvalue weighted by Gasteiger charge is 2.37. The Balaban J connectivity index is 1.67. The third kappa shape index (κ3) is 5.85. The van der Waals surface area contributed by atoms with E-state index >= 15 is 0 Å². The van der Waals surface area contributed by atoms with Gasteiger partial charge in [-0.15, -0.1) is 5.10 Å². The first-order valence-corrected chi connectivity index (χ1v) is 12.3. The molecule has 0 N–H and O–H groups in total. The van der Waals surface area contributed by atoms with Crippen LogP contribution in [0.3, 0.4) is 0 Å². The zero-order valence-corrected chi connectivity index (χ0v) is 21.5. The minimum atomic E-state index is -5.00. The smallest absolute Gasteiger partial charge is 0.289 e. The Bertz CT molecular complexity index is 1700. The molecule has 5 aromatic rings. The van der Waals surface area contributed by atoms with Crippen molar-refractivity contribution >= 4 is 17.4 Å². The maximum absolute atomic E-state index is 13.5. The van der Waals surface area contributed by atoms with E-state index in [1.165, 1.54) is 17.1 Å². The first-order valence-electron chi connectivity index (χ1n) is 11.9. The third-order valence-electron chi connectivity index (χ3n) is 6.21. The molecule has 0 bridgehead atoms. The van der Waals surface area contributed by atoms with Crippen molar-refractivity contribution < 1.29 is 31.1 Å². The molecule has 0 aliphatic carbocycles. The van der Waals surface area contributed by atoms with Crippen molar-refractivity contribution in [3.8, 4) is 22.5 Å². The van der Waals surface area contributed by atoms with Crippen LogP contribution in [0.15, 0.2) is 91.3 Å². The number of pyridine rings is 1. The summed E-state index contributed by atoms with van der Waals surface area (Å²) in [6, 6.07) is 17.5. The molecule has 0 amide bonds. The van der Waals surface area contributed by atoms with Crippen LogP contribution in [0, 0.1) is 0 Å². The number of carbonyl (C=O) groups is 1. The molecule has 5 rings (SSSR count). The Labute approximate surface area is 234 Å². The van der Waals surface area contributed by atoms with Crippen LogP contribution in [-0.4, -0.2) is 25.8 Å².